The van der Waals surface area contributed by atoms with Crippen LogP contribution in [0.2, 0.25) is 0 Å². The summed E-state index contributed by atoms with van der Waals surface area (Å²) in [6, 6.07) is 1.74. The zero-order chi connectivity index (χ0) is 6.85. The highest BCUT2D eigenvalue weighted by Gasteiger charge is 2.22. The molecule has 3 heteroatoms. The molecule has 1 rings (SSSR count). The van der Waals surface area contributed by atoms with Crippen molar-refractivity contribution in [2.24, 2.45) is 0 Å². The fourth-order valence-electron chi connectivity index (χ4n) is 0.494. The predicted molar refractivity (Wildman–Crippen MR) is 29.4 cm³/mol. The second-order valence-electron chi connectivity index (χ2n) is 1.59. The number of rotatable bonds is 1. The van der Waals surface area contributed by atoms with Crippen LogP contribution in [-0.4, -0.2) is 11.1 Å². The number of allylic oxidation sites excluding steroid dienone is 2. The monoisotopic (exact) mass is 121 g/mol. The van der Waals surface area contributed by atoms with E-state index in [1.165, 1.54) is 12.2 Å². The van der Waals surface area contributed by atoms with Gasteiger partial charge in [-0.1, -0.05) is 0 Å². The third kappa shape index (κ3) is 0.970. The lowest BCUT2D eigenvalue weighted by Crippen LogP contribution is -1.89. The van der Waals surface area contributed by atoms with Crippen LogP contribution in [0.1, 0.15) is 0 Å². The minimum absolute atomic E-state index is 0.247. The number of carbonyl (C=O) groups is 1. The van der Waals surface area contributed by atoms with E-state index in [0.717, 1.165) is 0 Å². The maximum absolute atomic E-state index is 10.0. The Balaban J connectivity index is 2.61. The van der Waals surface area contributed by atoms with E-state index in [2.05, 4.69) is 0 Å². The molecule has 3 nitrogen and oxygen atoms in total. The third-order valence-electron chi connectivity index (χ3n) is 0.978. The standard InChI is InChI=1S/C6H3NO2/c7-2-1-4-3-5(4)6(8)9/h1,3H,(H,8,9)/b4-1+. The molecular weight excluding hydrogens is 118 g/mol. The van der Waals surface area contributed by atoms with Gasteiger partial charge in [0, 0.05) is 11.6 Å². The summed E-state index contributed by atoms with van der Waals surface area (Å²) >= 11 is 0. The number of aliphatic carboxylic acids is 1. The van der Waals surface area contributed by atoms with E-state index in [1.807, 2.05) is 0 Å². The summed E-state index contributed by atoms with van der Waals surface area (Å²) in [6.07, 6.45) is 2.66. The number of carboxylic acids is 1. The third-order valence-corrected chi connectivity index (χ3v) is 0.978. The van der Waals surface area contributed by atoms with Gasteiger partial charge in [0.15, 0.2) is 0 Å². The molecule has 0 saturated heterocycles. The average molecular weight is 121 g/mol. The van der Waals surface area contributed by atoms with Crippen LogP contribution in [0, 0.1) is 11.3 Å². The molecule has 0 bridgehead atoms. The minimum Gasteiger partial charge on any atom is -0.478 e. The van der Waals surface area contributed by atoms with Gasteiger partial charge in [-0.2, -0.15) is 5.26 Å². The number of carboxylic acid groups (broad SMARTS) is 1. The van der Waals surface area contributed by atoms with Crippen LogP contribution in [0.15, 0.2) is 23.3 Å². The van der Waals surface area contributed by atoms with E-state index in [-0.39, 0.29) is 5.57 Å². The molecule has 0 unspecified atom stereocenters. The molecule has 0 amide bonds. The molecule has 0 saturated carbocycles. The average Bonchev–Trinajstić information content (AvgIpc) is 2.47. The predicted octanol–water partition coefficient (Wildman–Crippen LogP) is 0.461. The van der Waals surface area contributed by atoms with Gasteiger partial charge >= 0.3 is 5.97 Å². The molecule has 0 aromatic heterocycles. The highest BCUT2D eigenvalue weighted by atomic mass is 16.4. The fraction of sp³-hybridized carbons (Fsp3) is 0. The first-order valence-corrected chi connectivity index (χ1v) is 2.31. The molecule has 44 valence electrons. The van der Waals surface area contributed by atoms with Crippen molar-refractivity contribution in [2.75, 3.05) is 0 Å². The quantitative estimate of drug-likeness (QED) is 0.512. The van der Waals surface area contributed by atoms with E-state index in [9.17, 15) is 4.79 Å². The SMILES string of the molecule is N#C/C=C1C=C\1C(=O)O. The first-order chi connectivity index (χ1) is 4.25. The summed E-state index contributed by atoms with van der Waals surface area (Å²) in [5.74, 6) is -0.962. The van der Waals surface area contributed by atoms with Crippen molar-refractivity contribution in [3.05, 3.63) is 23.3 Å². The van der Waals surface area contributed by atoms with Crippen molar-refractivity contribution in [3.63, 3.8) is 0 Å². The zero-order valence-corrected chi connectivity index (χ0v) is 4.46. The van der Waals surface area contributed by atoms with Crippen molar-refractivity contribution >= 4 is 5.97 Å². The molecule has 0 aliphatic heterocycles. The van der Waals surface area contributed by atoms with Gasteiger partial charge in [0.2, 0.25) is 0 Å². The van der Waals surface area contributed by atoms with Crippen molar-refractivity contribution < 1.29 is 9.90 Å². The second-order valence-corrected chi connectivity index (χ2v) is 1.59. The van der Waals surface area contributed by atoms with E-state index in [0.29, 0.717) is 5.57 Å². The molecule has 1 aliphatic rings. The summed E-state index contributed by atoms with van der Waals surface area (Å²) in [5.41, 5.74) is 0.779. The Labute approximate surface area is 51.5 Å². The van der Waals surface area contributed by atoms with Gasteiger partial charge < -0.3 is 5.11 Å². The molecule has 9 heavy (non-hydrogen) atoms. The number of hydrogen-bond acceptors (Lipinski definition) is 2. The van der Waals surface area contributed by atoms with Crippen molar-refractivity contribution in [2.45, 2.75) is 0 Å². The van der Waals surface area contributed by atoms with Gasteiger partial charge in [-0.15, -0.1) is 0 Å². The Kier molecular flexibility index (Phi) is 1.08. The topological polar surface area (TPSA) is 61.1 Å². The van der Waals surface area contributed by atoms with Crippen LogP contribution in [-0.2, 0) is 4.79 Å². The van der Waals surface area contributed by atoms with E-state index >= 15 is 0 Å². The summed E-state index contributed by atoms with van der Waals surface area (Å²) in [4.78, 5) is 10.0. The number of nitriles is 1. The Bertz CT molecular complexity index is 255. The smallest absolute Gasteiger partial charge is 0.336 e. The lowest BCUT2D eigenvalue weighted by atomic mass is 10.4. The van der Waals surface area contributed by atoms with Crippen LogP contribution in [0.5, 0.6) is 0 Å². The van der Waals surface area contributed by atoms with Crippen LogP contribution in [0.25, 0.3) is 0 Å². The minimum atomic E-state index is -0.962. The zero-order valence-electron chi connectivity index (χ0n) is 4.46. The van der Waals surface area contributed by atoms with Gasteiger partial charge in [0.25, 0.3) is 0 Å². The van der Waals surface area contributed by atoms with Gasteiger partial charge in [0.1, 0.15) is 0 Å². The summed E-state index contributed by atoms with van der Waals surface area (Å²) in [5, 5.41) is 16.3. The molecule has 0 aromatic carbocycles. The van der Waals surface area contributed by atoms with E-state index < -0.39 is 5.97 Å². The normalized spacial score (nSPS) is 18.6. The molecule has 1 N–H and O–H groups in total. The lowest BCUT2D eigenvalue weighted by Gasteiger charge is -1.74. The van der Waals surface area contributed by atoms with Gasteiger partial charge in [-0.3, -0.25) is 0 Å². The fourth-order valence-corrected chi connectivity index (χ4v) is 0.494. The maximum Gasteiger partial charge on any atom is 0.336 e. The Morgan fingerprint density at radius 3 is 2.89 bits per heavy atom. The molecule has 0 fully saturated rings. The van der Waals surface area contributed by atoms with Crippen LogP contribution >= 0.6 is 0 Å². The highest BCUT2D eigenvalue weighted by Crippen LogP contribution is 2.26. The molecule has 0 atom stereocenters. The Hall–Kier alpha value is -1.56. The second kappa shape index (κ2) is 1.75. The largest absolute Gasteiger partial charge is 0.478 e. The van der Waals surface area contributed by atoms with Crippen molar-refractivity contribution in [1.82, 2.24) is 0 Å². The Morgan fingerprint density at radius 1 is 1.89 bits per heavy atom. The highest BCUT2D eigenvalue weighted by molar-refractivity contribution is 6.00. The van der Waals surface area contributed by atoms with Gasteiger partial charge in [-0.05, 0) is 6.08 Å². The molecule has 0 aromatic rings. The molecule has 0 radical (unpaired) electrons. The first kappa shape index (κ1) is 5.57. The first-order valence-electron chi connectivity index (χ1n) is 2.31. The molecule has 0 spiro atoms. The molecule has 1 aliphatic carbocycles. The summed E-state index contributed by atoms with van der Waals surface area (Å²) in [7, 11) is 0. The number of nitrogens with zero attached hydrogens (tertiary/aromatic N) is 1. The van der Waals surface area contributed by atoms with Gasteiger partial charge in [-0.25, -0.2) is 4.79 Å². The molecule has 0 heterocycles. The summed E-state index contributed by atoms with van der Waals surface area (Å²) < 4.78 is 0. The van der Waals surface area contributed by atoms with Crippen LogP contribution < -0.4 is 0 Å². The van der Waals surface area contributed by atoms with E-state index in [1.54, 1.807) is 6.07 Å². The maximum atomic E-state index is 10.0. The van der Waals surface area contributed by atoms with Gasteiger partial charge in [0.05, 0.1) is 11.6 Å². The lowest BCUT2D eigenvalue weighted by molar-refractivity contribution is -0.131. The Morgan fingerprint density at radius 2 is 2.56 bits per heavy atom. The van der Waals surface area contributed by atoms with Crippen molar-refractivity contribution in [1.29, 1.82) is 5.26 Å². The number of hydrogen-bond donors (Lipinski definition) is 1. The van der Waals surface area contributed by atoms with Crippen LogP contribution in [0.4, 0.5) is 0 Å². The summed E-state index contributed by atoms with van der Waals surface area (Å²) in [6.45, 7) is 0. The van der Waals surface area contributed by atoms with Crippen molar-refractivity contribution in [3.8, 4) is 6.07 Å². The van der Waals surface area contributed by atoms with E-state index in [4.69, 9.17) is 10.4 Å². The van der Waals surface area contributed by atoms with Crippen LogP contribution in [0.3, 0.4) is 0 Å². The molecular formula is C6H3NO2.